The summed E-state index contributed by atoms with van der Waals surface area (Å²) in [5.41, 5.74) is 5.66. The Hall–Kier alpha value is -1.25. The summed E-state index contributed by atoms with van der Waals surface area (Å²) in [6.45, 7) is 15.6. The summed E-state index contributed by atoms with van der Waals surface area (Å²) < 4.78 is 0. The van der Waals surface area contributed by atoms with Crippen molar-refractivity contribution in [1.29, 1.82) is 0 Å². The number of fused-ring (bicyclic) bond motifs is 2. The minimum absolute atomic E-state index is 0.616. The van der Waals surface area contributed by atoms with E-state index in [1.54, 1.807) is 0 Å². The van der Waals surface area contributed by atoms with Crippen LogP contribution in [0.2, 0.25) is 6.04 Å². The van der Waals surface area contributed by atoms with Crippen molar-refractivity contribution in [2.45, 2.75) is 85.6 Å². The molecule has 33 heavy (non-hydrogen) atoms. The van der Waals surface area contributed by atoms with Gasteiger partial charge in [0.2, 0.25) is 0 Å². The first-order chi connectivity index (χ1) is 15.8. The van der Waals surface area contributed by atoms with Crippen LogP contribution in [0.5, 0.6) is 0 Å². The van der Waals surface area contributed by atoms with Crippen molar-refractivity contribution in [3.05, 3.63) is 82.9 Å². The van der Waals surface area contributed by atoms with Crippen LogP contribution in [0.3, 0.4) is 0 Å². The van der Waals surface area contributed by atoms with Gasteiger partial charge in [-0.3, -0.25) is 0 Å². The largest absolute Gasteiger partial charge is 0.165 e. The molecule has 0 spiro atoms. The fourth-order valence-corrected chi connectivity index (χ4v) is 6.62. The summed E-state index contributed by atoms with van der Waals surface area (Å²) in [6, 6.07) is 23.7. The number of unbranched alkanes of at least 4 members (excludes halogenated alkanes) is 2. The Morgan fingerprint density at radius 1 is 0.758 bits per heavy atom. The predicted octanol–water partition coefficient (Wildman–Crippen LogP) is 9.74. The Morgan fingerprint density at radius 2 is 1.21 bits per heavy atom. The van der Waals surface area contributed by atoms with Gasteiger partial charge in [-0.1, -0.05) is 64.8 Å². The van der Waals surface area contributed by atoms with E-state index in [1.165, 1.54) is 98.3 Å². The van der Waals surface area contributed by atoms with Crippen molar-refractivity contribution in [3.8, 4) is 0 Å². The molecule has 0 bridgehead atoms. The van der Waals surface area contributed by atoms with Crippen LogP contribution in [0.1, 0.15) is 88.0 Å². The van der Waals surface area contributed by atoms with Gasteiger partial charge in [0, 0.05) is 0 Å². The Labute approximate surface area is 218 Å². The van der Waals surface area contributed by atoms with Crippen LogP contribution in [-0.4, -0.2) is 6.22 Å². The van der Waals surface area contributed by atoms with Crippen molar-refractivity contribution in [2.75, 3.05) is 0 Å². The Morgan fingerprint density at radius 3 is 1.58 bits per heavy atom. The van der Waals surface area contributed by atoms with Crippen molar-refractivity contribution >= 4 is 27.8 Å². The first-order valence-corrected chi connectivity index (χ1v) is 19.1. The zero-order chi connectivity index (χ0) is 24.4. The zero-order valence-electron chi connectivity index (χ0n) is 21.8. The molecule has 0 saturated heterocycles. The van der Waals surface area contributed by atoms with Crippen molar-refractivity contribution in [2.24, 2.45) is 0 Å². The van der Waals surface area contributed by atoms with Gasteiger partial charge in [0.15, 0.2) is 0 Å². The fraction of sp³-hybridized carbons (Fsp3) is 0.419. The van der Waals surface area contributed by atoms with E-state index >= 15 is 0 Å². The summed E-state index contributed by atoms with van der Waals surface area (Å²) in [5.74, 6) is 1.23. The van der Waals surface area contributed by atoms with E-state index in [1.807, 2.05) is 0 Å². The number of hydrogen-bond donors (Lipinski definition) is 0. The SMILES string of the molecule is CCCCC[Si]=[Hf+2].Cc1cc2c(C(C)C)cccc2[cH-]1.Cc1cc2c(C(C)C)cccc2[cH-]1. The Balaban J connectivity index is 0.000000185. The molecular formula is C31H41HfSi. The van der Waals surface area contributed by atoms with Crippen molar-refractivity contribution < 1.29 is 23.0 Å². The zero-order valence-corrected chi connectivity index (χ0v) is 26.3. The summed E-state index contributed by atoms with van der Waals surface area (Å²) in [5, 5.41) is 5.61. The molecule has 0 unspecified atom stereocenters. The first-order valence-electron chi connectivity index (χ1n) is 12.5. The second-order valence-electron chi connectivity index (χ2n) is 9.71. The smallest absolute Gasteiger partial charge is 0.0308 e. The minimum atomic E-state index is 0.616. The van der Waals surface area contributed by atoms with E-state index in [0.29, 0.717) is 11.8 Å². The third-order valence-electron chi connectivity index (χ3n) is 6.01. The van der Waals surface area contributed by atoms with Crippen LogP contribution in [0.15, 0.2) is 60.7 Å². The molecule has 1 radical (unpaired) electrons. The molecule has 0 nitrogen and oxygen atoms in total. The summed E-state index contributed by atoms with van der Waals surface area (Å²) in [4.78, 5) is 0. The molecule has 2 heteroatoms. The van der Waals surface area contributed by atoms with E-state index < -0.39 is 0 Å². The molecule has 0 N–H and O–H groups in total. The van der Waals surface area contributed by atoms with Crippen LogP contribution in [0.4, 0.5) is 0 Å². The van der Waals surface area contributed by atoms with Gasteiger partial charge in [0.05, 0.1) is 0 Å². The van der Waals surface area contributed by atoms with Gasteiger partial charge in [-0.15, -0.1) is 69.1 Å². The van der Waals surface area contributed by atoms with Crippen LogP contribution >= 0.6 is 0 Å². The van der Waals surface area contributed by atoms with Crippen LogP contribution in [0, 0.1) is 13.8 Å². The molecule has 4 aromatic carbocycles. The van der Waals surface area contributed by atoms with E-state index in [-0.39, 0.29) is 0 Å². The predicted molar refractivity (Wildman–Crippen MR) is 147 cm³/mol. The van der Waals surface area contributed by atoms with Crippen molar-refractivity contribution in [3.63, 3.8) is 0 Å². The third kappa shape index (κ3) is 8.48. The van der Waals surface area contributed by atoms with Crippen LogP contribution in [0.25, 0.3) is 21.5 Å². The average molecular weight is 620 g/mol. The standard InChI is InChI=1S/2C13H15.C5H11Si.Hf/c2*1-9(2)12-6-4-5-11-7-10(3)8-13(11)12;1-2-3-4-5-6;/h2*4-9H,1-3H3;2-5H2,1H3;/q2*-1;;+2. The maximum atomic E-state index is 2.28. The maximum absolute atomic E-state index is 2.28. The van der Waals surface area contributed by atoms with Crippen molar-refractivity contribution in [1.82, 2.24) is 0 Å². The molecule has 173 valence electrons. The van der Waals surface area contributed by atoms with Crippen LogP contribution < -0.4 is 0 Å². The minimum Gasteiger partial charge on any atom is -0.165 e. The molecule has 0 aliphatic heterocycles. The van der Waals surface area contributed by atoms with Gasteiger partial charge in [-0.2, -0.15) is 12.1 Å². The molecule has 0 amide bonds. The molecule has 0 aromatic heterocycles. The molecule has 4 rings (SSSR count). The second-order valence-corrected chi connectivity index (χ2v) is 14.4. The summed E-state index contributed by atoms with van der Waals surface area (Å²) >= 11 is 1.43. The number of rotatable bonds is 6. The Bertz CT molecular complexity index is 1040. The average Bonchev–Trinajstić information content (AvgIpc) is 3.34. The summed E-state index contributed by atoms with van der Waals surface area (Å²) in [7, 11) is 0. The number of aryl methyl sites for hydroxylation is 2. The normalized spacial score (nSPS) is 10.9. The topological polar surface area (TPSA) is 0 Å². The Kier molecular flexibility index (Phi) is 12.1. The van der Waals surface area contributed by atoms with Crippen LogP contribution in [-0.2, 0) is 23.0 Å². The molecule has 0 aliphatic carbocycles. The molecule has 0 atom stereocenters. The second kappa shape index (κ2) is 14.2. The van der Waals surface area contributed by atoms with Gasteiger partial charge in [-0.25, -0.2) is 0 Å². The summed E-state index contributed by atoms with van der Waals surface area (Å²) in [6.07, 6.45) is 5.63. The fourth-order valence-electron chi connectivity index (χ4n) is 4.29. The van der Waals surface area contributed by atoms with E-state index in [9.17, 15) is 0 Å². The van der Waals surface area contributed by atoms with E-state index in [0.717, 1.165) is 0 Å². The molecule has 4 aromatic rings. The molecule has 0 heterocycles. The van der Waals surface area contributed by atoms with Gasteiger partial charge >= 0.3 is 61.4 Å². The molecule has 0 fully saturated rings. The van der Waals surface area contributed by atoms with Gasteiger partial charge in [-0.05, 0) is 11.8 Å². The van der Waals surface area contributed by atoms with Gasteiger partial charge in [0.25, 0.3) is 0 Å². The van der Waals surface area contributed by atoms with Gasteiger partial charge < -0.3 is 0 Å². The molecular weight excluding hydrogens is 579 g/mol. The monoisotopic (exact) mass is 621 g/mol. The van der Waals surface area contributed by atoms with E-state index in [4.69, 9.17) is 0 Å². The maximum Gasteiger partial charge on any atom is -0.0308 e. The van der Waals surface area contributed by atoms with E-state index in [2.05, 4.69) is 109 Å². The molecule has 0 aliphatic rings. The third-order valence-corrected chi connectivity index (χ3v) is 9.30. The first kappa shape index (κ1) is 28.0. The number of benzene rings is 2. The molecule has 0 saturated carbocycles. The van der Waals surface area contributed by atoms with Gasteiger partial charge in [0.1, 0.15) is 0 Å². The quantitative estimate of drug-likeness (QED) is 0.114. The number of hydrogen-bond acceptors (Lipinski definition) is 0.